The highest BCUT2D eigenvalue weighted by molar-refractivity contribution is 6.12. The second kappa shape index (κ2) is 4.57. The van der Waals surface area contributed by atoms with Crippen LogP contribution in [-0.4, -0.2) is 10.9 Å². The van der Waals surface area contributed by atoms with Crippen molar-refractivity contribution in [1.82, 2.24) is 0 Å². The van der Waals surface area contributed by atoms with E-state index in [9.17, 15) is 0 Å². The Hall–Kier alpha value is -2.16. The van der Waals surface area contributed by atoms with Crippen molar-refractivity contribution in [2.45, 2.75) is 0 Å². The molecule has 0 saturated heterocycles. The number of oxime groups is 1. The highest BCUT2D eigenvalue weighted by Gasteiger charge is 2.09. The fraction of sp³-hybridized carbons (Fsp3) is 0.0769. The van der Waals surface area contributed by atoms with Gasteiger partial charge in [-0.2, -0.15) is 0 Å². The first-order valence-electron chi connectivity index (χ1n) is 5.04. The molecular formula is C13H13N2O+. The third-order valence-corrected chi connectivity index (χ3v) is 2.36. The van der Waals surface area contributed by atoms with Gasteiger partial charge in [0.05, 0.1) is 5.56 Å². The van der Waals surface area contributed by atoms with Crippen molar-refractivity contribution in [3.63, 3.8) is 0 Å². The molecule has 0 amide bonds. The summed E-state index contributed by atoms with van der Waals surface area (Å²) in [6.07, 6.45) is 3.85. The van der Waals surface area contributed by atoms with Crippen LogP contribution in [0.4, 0.5) is 0 Å². The molecule has 0 aliphatic rings. The minimum atomic E-state index is 0.580. The van der Waals surface area contributed by atoms with Gasteiger partial charge in [-0.3, -0.25) is 0 Å². The summed E-state index contributed by atoms with van der Waals surface area (Å²) >= 11 is 0. The number of nitrogens with zero attached hydrogens (tertiary/aromatic N) is 2. The lowest BCUT2D eigenvalue weighted by Crippen LogP contribution is -2.28. The third kappa shape index (κ3) is 2.08. The van der Waals surface area contributed by atoms with E-state index >= 15 is 0 Å². The number of pyridine rings is 1. The Labute approximate surface area is 94.3 Å². The molecular weight excluding hydrogens is 200 g/mol. The highest BCUT2D eigenvalue weighted by Crippen LogP contribution is 2.08. The van der Waals surface area contributed by atoms with Crippen molar-refractivity contribution < 1.29 is 9.77 Å². The lowest BCUT2D eigenvalue weighted by molar-refractivity contribution is -0.671. The molecule has 1 heterocycles. The Bertz CT molecular complexity index is 506. The zero-order valence-corrected chi connectivity index (χ0v) is 9.04. The summed E-state index contributed by atoms with van der Waals surface area (Å²) in [7, 11) is 1.93. The van der Waals surface area contributed by atoms with Crippen LogP contribution in [0.15, 0.2) is 60.0 Å². The Morgan fingerprint density at radius 2 is 1.75 bits per heavy atom. The topological polar surface area (TPSA) is 36.5 Å². The molecule has 1 N–H and O–H groups in total. The Kier molecular flexibility index (Phi) is 2.96. The van der Waals surface area contributed by atoms with Gasteiger partial charge in [0, 0.05) is 11.6 Å². The molecule has 0 fully saturated rings. The van der Waals surface area contributed by atoms with E-state index in [1.54, 1.807) is 0 Å². The zero-order valence-electron chi connectivity index (χ0n) is 9.04. The first kappa shape index (κ1) is 10.4. The average Bonchev–Trinajstić information content (AvgIpc) is 2.31. The van der Waals surface area contributed by atoms with E-state index in [0.717, 1.165) is 11.1 Å². The summed E-state index contributed by atoms with van der Waals surface area (Å²) in [6.45, 7) is 0. The molecule has 0 bridgehead atoms. The number of aryl methyl sites for hydroxylation is 1. The summed E-state index contributed by atoms with van der Waals surface area (Å²) in [5, 5.41) is 12.5. The molecule has 0 atom stereocenters. The van der Waals surface area contributed by atoms with Gasteiger partial charge >= 0.3 is 0 Å². The van der Waals surface area contributed by atoms with Crippen LogP contribution in [0.2, 0.25) is 0 Å². The summed E-state index contributed by atoms with van der Waals surface area (Å²) in [4.78, 5) is 0. The first-order valence-corrected chi connectivity index (χ1v) is 5.04. The van der Waals surface area contributed by atoms with Gasteiger partial charge in [-0.05, 0) is 6.07 Å². The Morgan fingerprint density at radius 1 is 1.06 bits per heavy atom. The summed E-state index contributed by atoms with van der Waals surface area (Å²) in [5.74, 6) is 0. The molecule has 1 aromatic carbocycles. The molecule has 3 heteroatoms. The Balaban J connectivity index is 2.46. The van der Waals surface area contributed by atoms with Gasteiger partial charge in [0.1, 0.15) is 12.8 Å². The number of hydrogen-bond donors (Lipinski definition) is 1. The van der Waals surface area contributed by atoms with Gasteiger partial charge in [-0.25, -0.2) is 4.57 Å². The predicted octanol–water partition coefficient (Wildman–Crippen LogP) is 1.74. The fourth-order valence-corrected chi connectivity index (χ4v) is 1.61. The van der Waals surface area contributed by atoms with Gasteiger partial charge in [0.2, 0.25) is 0 Å². The van der Waals surface area contributed by atoms with E-state index in [4.69, 9.17) is 5.21 Å². The van der Waals surface area contributed by atoms with Crippen LogP contribution in [-0.2, 0) is 7.05 Å². The van der Waals surface area contributed by atoms with Gasteiger partial charge < -0.3 is 5.21 Å². The van der Waals surface area contributed by atoms with Gasteiger partial charge in [-0.1, -0.05) is 35.5 Å². The standard InChI is InChI=1S/C13H12N2O/c1-15-9-5-8-12(10-15)13(14-16)11-6-3-2-4-7-11/h2-10H,1H3/p+1. The number of rotatable bonds is 2. The van der Waals surface area contributed by atoms with Crippen LogP contribution >= 0.6 is 0 Å². The molecule has 80 valence electrons. The van der Waals surface area contributed by atoms with Crippen molar-refractivity contribution >= 4 is 5.71 Å². The van der Waals surface area contributed by atoms with Crippen molar-refractivity contribution in [3.8, 4) is 0 Å². The molecule has 2 aromatic rings. The van der Waals surface area contributed by atoms with E-state index in [2.05, 4.69) is 5.16 Å². The van der Waals surface area contributed by atoms with E-state index in [-0.39, 0.29) is 0 Å². The summed E-state index contributed by atoms with van der Waals surface area (Å²) in [5.41, 5.74) is 2.37. The van der Waals surface area contributed by atoms with Gasteiger partial charge in [0.25, 0.3) is 0 Å². The maximum atomic E-state index is 9.10. The second-order valence-corrected chi connectivity index (χ2v) is 3.57. The van der Waals surface area contributed by atoms with Crippen LogP contribution in [0.25, 0.3) is 0 Å². The van der Waals surface area contributed by atoms with Crippen LogP contribution < -0.4 is 4.57 Å². The summed E-state index contributed by atoms with van der Waals surface area (Å²) < 4.78 is 1.92. The van der Waals surface area contributed by atoms with E-state index < -0.39 is 0 Å². The van der Waals surface area contributed by atoms with Crippen LogP contribution in [0.3, 0.4) is 0 Å². The van der Waals surface area contributed by atoms with Crippen molar-refractivity contribution in [1.29, 1.82) is 0 Å². The quantitative estimate of drug-likeness (QED) is 0.351. The largest absolute Gasteiger partial charge is 0.410 e. The molecule has 0 unspecified atom stereocenters. The smallest absolute Gasteiger partial charge is 0.178 e. The summed E-state index contributed by atoms with van der Waals surface area (Å²) in [6, 6.07) is 13.5. The van der Waals surface area contributed by atoms with Gasteiger partial charge in [0.15, 0.2) is 12.4 Å². The van der Waals surface area contributed by atoms with Gasteiger partial charge in [-0.15, -0.1) is 0 Å². The van der Waals surface area contributed by atoms with Crippen molar-refractivity contribution in [2.24, 2.45) is 12.2 Å². The van der Waals surface area contributed by atoms with Crippen molar-refractivity contribution in [3.05, 3.63) is 66.0 Å². The lowest BCUT2D eigenvalue weighted by Gasteiger charge is -2.02. The number of hydrogen-bond acceptors (Lipinski definition) is 2. The molecule has 0 aliphatic carbocycles. The average molecular weight is 213 g/mol. The first-order chi connectivity index (χ1) is 7.81. The van der Waals surface area contributed by atoms with Crippen LogP contribution in [0.5, 0.6) is 0 Å². The molecule has 3 nitrogen and oxygen atoms in total. The molecule has 2 rings (SSSR count). The van der Waals surface area contributed by atoms with Crippen LogP contribution in [0, 0.1) is 0 Å². The maximum Gasteiger partial charge on any atom is 0.178 e. The third-order valence-electron chi connectivity index (χ3n) is 2.36. The van der Waals surface area contributed by atoms with Crippen LogP contribution in [0.1, 0.15) is 11.1 Å². The number of benzene rings is 1. The maximum absolute atomic E-state index is 9.10. The second-order valence-electron chi connectivity index (χ2n) is 3.57. The molecule has 1 aromatic heterocycles. The van der Waals surface area contributed by atoms with Crippen molar-refractivity contribution in [2.75, 3.05) is 0 Å². The monoisotopic (exact) mass is 213 g/mol. The lowest BCUT2D eigenvalue weighted by atomic mass is 10.0. The minimum absolute atomic E-state index is 0.580. The minimum Gasteiger partial charge on any atom is -0.410 e. The SMILES string of the molecule is C[n+]1cccc(C(=NO)c2ccccc2)c1. The van der Waals surface area contributed by atoms with E-state index in [0.29, 0.717) is 5.71 Å². The zero-order chi connectivity index (χ0) is 11.4. The molecule has 16 heavy (non-hydrogen) atoms. The molecule has 0 saturated carbocycles. The van der Waals surface area contributed by atoms with E-state index in [1.807, 2.05) is 66.5 Å². The van der Waals surface area contributed by atoms with E-state index in [1.165, 1.54) is 0 Å². The molecule has 0 aliphatic heterocycles. The number of aromatic nitrogens is 1. The predicted molar refractivity (Wildman–Crippen MR) is 61.5 cm³/mol. The highest BCUT2D eigenvalue weighted by atomic mass is 16.4. The molecule has 0 spiro atoms. The molecule has 0 radical (unpaired) electrons. The normalized spacial score (nSPS) is 11.4. The Morgan fingerprint density at radius 3 is 2.38 bits per heavy atom. The fourth-order valence-electron chi connectivity index (χ4n) is 1.61.